The molecule has 2 atom stereocenters. The average molecular weight is 200 g/mol. The van der Waals surface area contributed by atoms with Crippen molar-refractivity contribution in [2.45, 2.75) is 37.2 Å². The van der Waals surface area contributed by atoms with Gasteiger partial charge in [-0.05, 0) is 30.4 Å². The second-order valence-corrected chi connectivity index (χ2v) is 5.02. The third-order valence-electron chi connectivity index (χ3n) is 4.26. The van der Waals surface area contributed by atoms with Crippen LogP contribution in [-0.4, -0.2) is 10.7 Å². The Morgan fingerprint density at radius 2 is 2.07 bits per heavy atom. The van der Waals surface area contributed by atoms with E-state index in [1.54, 1.807) is 0 Å². The minimum atomic E-state index is -0.610. The number of hydrogen-bond donors (Lipinski definition) is 1. The maximum atomic E-state index is 10.6. The summed E-state index contributed by atoms with van der Waals surface area (Å²) in [5, 5.41) is 10.6. The van der Waals surface area contributed by atoms with Crippen LogP contribution < -0.4 is 0 Å². The third kappa shape index (κ3) is 1.02. The molecule has 1 nitrogen and oxygen atoms in total. The molecule has 2 aliphatic rings. The van der Waals surface area contributed by atoms with E-state index in [0.29, 0.717) is 0 Å². The Bertz CT molecular complexity index is 435. The minimum absolute atomic E-state index is 0.0954. The lowest BCUT2D eigenvalue weighted by Gasteiger charge is -2.44. The van der Waals surface area contributed by atoms with Crippen LogP contribution in [0, 0.1) is 0 Å². The van der Waals surface area contributed by atoms with Crippen molar-refractivity contribution in [1.82, 2.24) is 0 Å². The molecule has 0 saturated carbocycles. The fourth-order valence-corrected chi connectivity index (χ4v) is 3.15. The monoisotopic (exact) mass is 200 g/mol. The molecule has 0 saturated heterocycles. The molecule has 15 heavy (non-hydrogen) atoms. The van der Waals surface area contributed by atoms with Crippen molar-refractivity contribution >= 4 is 0 Å². The lowest BCUT2D eigenvalue weighted by molar-refractivity contribution is 0.00804. The molecular weight excluding hydrogens is 184 g/mol. The molecule has 1 aromatic rings. The number of hydrogen-bond acceptors (Lipinski definition) is 1. The summed E-state index contributed by atoms with van der Waals surface area (Å²) in [6.45, 7) is 2.19. The zero-order valence-corrected chi connectivity index (χ0v) is 9.03. The Morgan fingerprint density at radius 1 is 1.27 bits per heavy atom. The van der Waals surface area contributed by atoms with Gasteiger partial charge in [-0.3, -0.25) is 0 Å². The van der Waals surface area contributed by atoms with Crippen LogP contribution >= 0.6 is 0 Å². The van der Waals surface area contributed by atoms with E-state index < -0.39 is 5.60 Å². The predicted octanol–water partition coefficient (Wildman–Crippen LogP) is 2.58. The lowest BCUT2D eigenvalue weighted by atomic mass is 9.63. The van der Waals surface area contributed by atoms with Crippen LogP contribution in [0.1, 0.15) is 30.9 Å². The van der Waals surface area contributed by atoms with E-state index in [1.165, 1.54) is 11.1 Å². The normalized spacial score (nSPS) is 37.5. The molecule has 0 amide bonds. The zero-order valence-electron chi connectivity index (χ0n) is 9.03. The van der Waals surface area contributed by atoms with Gasteiger partial charge in [0, 0.05) is 5.41 Å². The molecule has 1 N–H and O–H groups in total. The summed E-state index contributed by atoms with van der Waals surface area (Å²) in [5.41, 5.74) is 2.04. The van der Waals surface area contributed by atoms with Gasteiger partial charge in [-0.15, -0.1) is 0 Å². The molecule has 0 unspecified atom stereocenters. The number of rotatable bonds is 0. The zero-order chi connectivity index (χ0) is 10.5. The van der Waals surface area contributed by atoms with Crippen LogP contribution in [0.25, 0.3) is 0 Å². The third-order valence-corrected chi connectivity index (χ3v) is 4.26. The summed E-state index contributed by atoms with van der Waals surface area (Å²) in [6.07, 6.45) is 6.94. The molecule has 0 fully saturated rings. The van der Waals surface area contributed by atoms with Gasteiger partial charge in [-0.1, -0.05) is 43.3 Å². The maximum Gasteiger partial charge on any atom is 0.0927 e. The van der Waals surface area contributed by atoms with E-state index in [9.17, 15) is 5.11 Å². The van der Waals surface area contributed by atoms with Gasteiger partial charge >= 0.3 is 0 Å². The first-order chi connectivity index (χ1) is 7.16. The van der Waals surface area contributed by atoms with Gasteiger partial charge in [-0.25, -0.2) is 0 Å². The molecule has 0 bridgehead atoms. The van der Waals surface area contributed by atoms with Crippen molar-refractivity contribution in [2.24, 2.45) is 0 Å². The fraction of sp³-hybridized carbons (Fsp3) is 0.429. The van der Waals surface area contributed by atoms with Gasteiger partial charge in [0.25, 0.3) is 0 Å². The van der Waals surface area contributed by atoms with E-state index in [0.717, 1.165) is 19.3 Å². The Kier molecular flexibility index (Phi) is 1.67. The largest absolute Gasteiger partial charge is 0.385 e. The van der Waals surface area contributed by atoms with Crippen LogP contribution in [0.15, 0.2) is 36.4 Å². The van der Waals surface area contributed by atoms with Gasteiger partial charge in [0.05, 0.1) is 5.60 Å². The minimum Gasteiger partial charge on any atom is -0.385 e. The van der Waals surface area contributed by atoms with E-state index in [1.807, 2.05) is 6.08 Å². The summed E-state index contributed by atoms with van der Waals surface area (Å²) in [7, 11) is 0. The lowest BCUT2D eigenvalue weighted by Crippen LogP contribution is -2.48. The first-order valence-electron chi connectivity index (χ1n) is 5.64. The van der Waals surface area contributed by atoms with Gasteiger partial charge < -0.3 is 5.11 Å². The topological polar surface area (TPSA) is 20.2 Å². The number of aryl methyl sites for hydroxylation is 1. The van der Waals surface area contributed by atoms with Crippen LogP contribution in [0.5, 0.6) is 0 Å². The second kappa shape index (κ2) is 2.73. The molecule has 0 radical (unpaired) electrons. The number of benzene rings is 1. The van der Waals surface area contributed by atoms with Crippen molar-refractivity contribution < 1.29 is 5.11 Å². The van der Waals surface area contributed by atoms with Crippen molar-refractivity contribution in [3.05, 3.63) is 47.5 Å². The Labute approximate surface area is 90.4 Å². The summed E-state index contributed by atoms with van der Waals surface area (Å²) in [6, 6.07) is 8.54. The number of aliphatic hydroxyl groups is 1. The van der Waals surface area contributed by atoms with Crippen LogP contribution in [0.3, 0.4) is 0 Å². The molecule has 0 aliphatic heterocycles. The van der Waals surface area contributed by atoms with Crippen molar-refractivity contribution in [1.29, 1.82) is 0 Å². The van der Waals surface area contributed by atoms with Crippen molar-refractivity contribution in [3.63, 3.8) is 0 Å². The molecule has 0 heterocycles. The molecule has 1 heteroatoms. The Balaban J connectivity index is 2.21. The summed E-state index contributed by atoms with van der Waals surface area (Å²) in [5.74, 6) is 0. The van der Waals surface area contributed by atoms with E-state index in [4.69, 9.17) is 0 Å². The highest BCUT2D eigenvalue weighted by molar-refractivity contribution is 5.45. The molecular formula is C14H16O. The van der Waals surface area contributed by atoms with Crippen LogP contribution in [-0.2, 0) is 11.8 Å². The number of fused-ring (bicyclic) bond motifs is 3. The van der Waals surface area contributed by atoms with Crippen LogP contribution in [0.2, 0.25) is 0 Å². The summed E-state index contributed by atoms with van der Waals surface area (Å²) >= 11 is 0. The standard InChI is InChI=1S/C14H16O/c1-13-8-4-9-14(13,15)10-7-11-5-2-3-6-12(11)13/h2-6,9,15H,7-8,10H2,1H3/t13-,14-/m0/s1. The SMILES string of the molecule is C[C@@]12CC=C[C@]1(O)CCc1ccccc12. The van der Waals surface area contributed by atoms with E-state index in [2.05, 4.69) is 37.3 Å². The second-order valence-electron chi connectivity index (χ2n) is 5.02. The Morgan fingerprint density at radius 3 is 2.93 bits per heavy atom. The van der Waals surface area contributed by atoms with E-state index >= 15 is 0 Å². The fourth-order valence-electron chi connectivity index (χ4n) is 3.15. The first kappa shape index (κ1) is 9.17. The van der Waals surface area contributed by atoms with E-state index in [-0.39, 0.29) is 5.41 Å². The molecule has 78 valence electrons. The van der Waals surface area contributed by atoms with Crippen LogP contribution in [0.4, 0.5) is 0 Å². The molecule has 1 aromatic carbocycles. The smallest absolute Gasteiger partial charge is 0.0927 e. The number of allylic oxidation sites excluding steroid dienone is 1. The highest BCUT2D eigenvalue weighted by atomic mass is 16.3. The first-order valence-corrected chi connectivity index (χ1v) is 5.64. The van der Waals surface area contributed by atoms with Crippen molar-refractivity contribution in [2.75, 3.05) is 0 Å². The molecule has 0 spiro atoms. The molecule has 2 aliphatic carbocycles. The quantitative estimate of drug-likeness (QED) is 0.638. The Hall–Kier alpha value is -1.08. The van der Waals surface area contributed by atoms with Gasteiger partial charge in [0.1, 0.15) is 0 Å². The van der Waals surface area contributed by atoms with Gasteiger partial charge in [0.15, 0.2) is 0 Å². The van der Waals surface area contributed by atoms with Crippen molar-refractivity contribution in [3.8, 4) is 0 Å². The van der Waals surface area contributed by atoms with Gasteiger partial charge in [0.2, 0.25) is 0 Å². The van der Waals surface area contributed by atoms with Gasteiger partial charge in [-0.2, -0.15) is 0 Å². The molecule has 0 aromatic heterocycles. The molecule has 3 rings (SSSR count). The average Bonchev–Trinajstić information content (AvgIpc) is 2.56. The summed E-state index contributed by atoms with van der Waals surface area (Å²) in [4.78, 5) is 0. The predicted molar refractivity (Wildman–Crippen MR) is 60.8 cm³/mol. The summed E-state index contributed by atoms with van der Waals surface area (Å²) < 4.78 is 0. The highest BCUT2D eigenvalue weighted by Crippen LogP contribution is 2.50. The highest BCUT2D eigenvalue weighted by Gasteiger charge is 2.51. The maximum absolute atomic E-state index is 10.6.